The highest BCUT2D eigenvalue weighted by molar-refractivity contribution is 7.85. The summed E-state index contributed by atoms with van der Waals surface area (Å²) in [6.07, 6.45) is 8.19. The Morgan fingerprint density at radius 1 is 0.850 bits per heavy atom. The Hall–Kier alpha value is -9.65. The molecule has 4 fully saturated rings. The Morgan fingerprint density at radius 3 is 2.24 bits per heavy atom. The van der Waals surface area contributed by atoms with E-state index in [9.17, 15) is 61.2 Å². The van der Waals surface area contributed by atoms with Gasteiger partial charge in [0, 0.05) is 92.5 Å². The Balaban J connectivity index is 0.752. The number of nitrogens with zero attached hydrogens (tertiary/aromatic N) is 8. The number of aromatic carboxylic acids is 1. The van der Waals surface area contributed by atoms with Crippen molar-refractivity contribution in [3.05, 3.63) is 131 Å². The van der Waals surface area contributed by atoms with Gasteiger partial charge in [-0.1, -0.05) is 75.4 Å². The third-order valence-electron chi connectivity index (χ3n) is 19.7. The molecule has 3 aromatic carbocycles. The first-order valence-electron chi connectivity index (χ1n) is 33.3. The number of nitrogens with one attached hydrogen (secondary N) is 3. The zero-order valence-corrected chi connectivity index (χ0v) is 58.0. The van der Waals surface area contributed by atoms with Gasteiger partial charge in [0.25, 0.3) is 33.7 Å². The van der Waals surface area contributed by atoms with Gasteiger partial charge in [0.15, 0.2) is 10.8 Å². The minimum atomic E-state index is -4.55. The van der Waals surface area contributed by atoms with Crippen LogP contribution in [0.2, 0.25) is 0 Å². The van der Waals surface area contributed by atoms with E-state index in [1.165, 1.54) is 35.6 Å². The number of fused-ring (bicyclic) bond motifs is 2. The first kappa shape index (κ1) is 71.6. The van der Waals surface area contributed by atoms with Gasteiger partial charge in [0.2, 0.25) is 11.8 Å². The lowest BCUT2D eigenvalue weighted by molar-refractivity contribution is -0.248. The zero-order chi connectivity index (χ0) is 71.6. The van der Waals surface area contributed by atoms with Gasteiger partial charge < -0.3 is 46.5 Å². The van der Waals surface area contributed by atoms with Crippen LogP contribution in [0.3, 0.4) is 0 Å². The number of hydrogen-bond donors (Lipinski definition) is 7. The summed E-state index contributed by atoms with van der Waals surface area (Å²) < 4.78 is 49.9. The van der Waals surface area contributed by atoms with Gasteiger partial charge in [-0.2, -0.15) is 13.5 Å². The predicted octanol–water partition coefficient (Wildman–Crippen LogP) is 7.13. The Kier molecular flexibility index (Phi) is 20.7. The molecule has 530 valence electrons. The second-order valence-electron chi connectivity index (χ2n) is 28.2. The van der Waals surface area contributed by atoms with Crippen LogP contribution in [0.5, 0.6) is 0 Å². The van der Waals surface area contributed by atoms with Crippen LogP contribution in [0.1, 0.15) is 129 Å². The van der Waals surface area contributed by atoms with E-state index in [0.717, 1.165) is 86.0 Å². The topological polar surface area (TPSA) is 391 Å². The normalized spacial score (nSPS) is 21.2. The van der Waals surface area contributed by atoms with Crippen LogP contribution in [0.4, 0.5) is 26.2 Å². The molecule has 100 heavy (non-hydrogen) atoms. The van der Waals surface area contributed by atoms with Crippen molar-refractivity contribution in [2.24, 2.45) is 33.6 Å². The summed E-state index contributed by atoms with van der Waals surface area (Å²) in [4.78, 5) is 133. The maximum Gasteiger partial charge on any atom is 0.410 e. The van der Waals surface area contributed by atoms with Crippen molar-refractivity contribution in [2.45, 2.75) is 136 Å². The molecule has 12 rings (SSSR count). The third kappa shape index (κ3) is 16.1. The number of carboxylic acids is 1. The van der Waals surface area contributed by atoms with Crippen LogP contribution in [-0.4, -0.2) is 164 Å². The van der Waals surface area contributed by atoms with E-state index >= 15 is 0 Å². The number of hydrogen-bond acceptors (Lipinski definition) is 18. The van der Waals surface area contributed by atoms with Crippen LogP contribution in [0, 0.1) is 29.1 Å². The number of carbonyl (C=O) groups excluding carboxylic acids is 8. The summed E-state index contributed by atoms with van der Waals surface area (Å²) in [5.41, 5.74) is 15.3. The quantitative estimate of drug-likeness (QED) is 0.0139. The molecule has 4 saturated carbocycles. The molecule has 4 aliphatic carbocycles. The molecule has 5 heterocycles. The predicted molar refractivity (Wildman–Crippen MR) is 370 cm³/mol. The van der Waals surface area contributed by atoms with E-state index in [4.69, 9.17) is 31.0 Å². The first-order valence-corrected chi connectivity index (χ1v) is 35.7. The first-order chi connectivity index (χ1) is 47.4. The minimum Gasteiger partial charge on any atom is -0.476 e. The van der Waals surface area contributed by atoms with Crippen LogP contribution < -0.4 is 37.2 Å². The highest BCUT2D eigenvalue weighted by Crippen LogP contribution is 2.72. The number of imide groups is 1. The summed E-state index contributed by atoms with van der Waals surface area (Å²) in [6, 6.07) is 19.6. The van der Waals surface area contributed by atoms with Crippen molar-refractivity contribution in [1.82, 2.24) is 40.2 Å². The molecule has 0 radical (unpaired) electrons. The lowest BCUT2D eigenvalue weighted by Crippen LogP contribution is -2.64. The number of urea groups is 1. The van der Waals surface area contributed by atoms with E-state index in [0.29, 0.717) is 65.7 Å². The number of nitrogens with two attached hydrogens (primary N) is 2. The number of carbonyl (C=O) groups is 9. The van der Waals surface area contributed by atoms with E-state index in [1.807, 2.05) is 59.0 Å². The molecule has 6 aliphatic rings. The lowest BCUT2D eigenvalue weighted by atomic mass is 9.39. The number of ether oxygens (including phenoxy) is 2. The Bertz CT molecular complexity index is 4290. The van der Waals surface area contributed by atoms with Crippen molar-refractivity contribution in [2.75, 3.05) is 60.2 Å². The average Bonchev–Trinajstić information content (AvgIpc) is 0.704. The number of anilines is 3. The van der Waals surface area contributed by atoms with E-state index < -0.39 is 93.6 Å². The van der Waals surface area contributed by atoms with Gasteiger partial charge in [-0.15, -0.1) is 0 Å². The molecule has 9 N–H and O–H groups in total. The largest absolute Gasteiger partial charge is 0.476 e. The SMILES string of the molecule is Cc1c(-c2ccc(N3CCc4cccc(C(=O)Nc5nc6ccccc6s5)c4C3)nc2C(=O)O)cnn1CC12CC3(C)CC(C)(C1)CC(OCCN(CCS(=O)(=O)O)C(=O)OCc1ccc(N(C(=O)[C@@H](NC(=O)CCN4C(=O)C=CC4=O)C(C)C)[C@@H](CCCNC(N)=O)C(N)=O)cc1)(C3)C2. The van der Waals surface area contributed by atoms with E-state index in [-0.39, 0.29) is 85.6 Å². The smallest absolute Gasteiger partial charge is 0.410 e. The number of carboxylic acid groups (broad SMARTS) is 1. The second-order valence-corrected chi connectivity index (χ2v) is 30.8. The standard InChI is InChI=1S/C70H83N13O15S2/c1-42(2)58(77-55(84)24-27-81-56(85)21-22-57(81)86)62(89)83(52(60(71)87)13-9-25-73-64(72)92)46-17-15-44(16-18-46)34-97-66(93)79(29-31-100(94,95)96)28-30-98-70-38-67(4)35-68(5,39-70)37-69(36-67,40-70)41-82-43(3)49(32-74-82)47-19-20-54(76-59(47)63(90)91)80-26-23-45-10-8-11-48(50(45)33-80)61(88)78-65-75-51-12-6-7-14-53(51)99-65/h6-8,10-12,14-22,32,42,52,58H,9,13,23-31,33-41H2,1-5H3,(H2,71,87)(H,77,84)(H,90,91)(H3,72,73,92)(H,75,78,88)(H,94,95,96)/t52-,58-,67?,68?,69?,70?/m0/s1. The van der Waals surface area contributed by atoms with Gasteiger partial charge in [-0.3, -0.25) is 53.1 Å². The lowest BCUT2D eigenvalue weighted by Gasteiger charge is -2.69. The number of pyridine rings is 1. The number of thiazole rings is 1. The molecule has 4 bridgehead atoms. The maximum atomic E-state index is 14.7. The fraction of sp³-hybridized carbons (Fsp3) is 0.457. The van der Waals surface area contributed by atoms with Crippen LogP contribution in [0.25, 0.3) is 21.3 Å². The number of primary amides is 2. The average molecular weight is 1410 g/mol. The summed E-state index contributed by atoms with van der Waals surface area (Å²) >= 11 is 1.39. The Labute approximate surface area is 581 Å². The molecule has 2 unspecified atom stereocenters. The minimum absolute atomic E-state index is 0.00845. The van der Waals surface area contributed by atoms with Crippen LogP contribution in [0.15, 0.2) is 97.2 Å². The highest BCUT2D eigenvalue weighted by atomic mass is 32.2. The van der Waals surface area contributed by atoms with E-state index in [2.05, 4.69) is 34.8 Å². The maximum absolute atomic E-state index is 14.7. The van der Waals surface area contributed by atoms with Crippen LogP contribution >= 0.6 is 11.3 Å². The fourth-order valence-electron chi connectivity index (χ4n) is 16.4. The molecule has 3 aromatic heterocycles. The third-order valence-corrected chi connectivity index (χ3v) is 21.4. The fourth-order valence-corrected chi connectivity index (χ4v) is 17.8. The number of benzene rings is 3. The van der Waals surface area contributed by atoms with Crippen LogP contribution in [-0.2, 0) is 69.7 Å². The van der Waals surface area contributed by atoms with E-state index in [1.54, 1.807) is 32.2 Å². The number of rotatable bonds is 29. The molecule has 9 amide bonds. The van der Waals surface area contributed by atoms with Gasteiger partial charge in [0.05, 0.1) is 34.4 Å². The Morgan fingerprint density at radius 2 is 1.57 bits per heavy atom. The van der Waals surface area contributed by atoms with Crippen molar-refractivity contribution >= 4 is 102 Å². The number of para-hydroxylation sites is 1. The van der Waals surface area contributed by atoms with Gasteiger partial charge in [0.1, 0.15) is 24.5 Å². The van der Waals surface area contributed by atoms with Crippen molar-refractivity contribution in [3.8, 4) is 11.1 Å². The molecule has 28 nitrogen and oxygen atoms in total. The van der Waals surface area contributed by atoms with Crippen molar-refractivity contribution < 1.29 is 70.7 Å². The molecular weight excluding hydrogens is 1330 g/mol. The van der Waals surface area contributed by atoms with Crippen molar-refractivity contribution in [1.29, 1.82) is 0 Å². The summed E-state index contributed by atoms with van der Waals surface area (Å²) in [6.45, 7) is 10.1. The highest BCUT2D eigenvalue weighted by Gasteiger charge is 2.66. The van der Waals surface area contributed by atoms with Gasteiger partial charge in [-0.05, 0) is 146 Å². The monoisotopic (exact) mass is 1410 g/mol. The summed E-state index contributed by atoms with van der Waals surface area (Å²) in [5.74, 6) is -5.84. The molecule has 6 aromatic rings. The number of aromatic nitrogens is 4. The summed E-state index contributed by atoms with van der Waals surface area (Å²) in [5, 5.41) is 24.3. The summed E-state index contributed by atoms with van der Waals surface area (Å²) in [7, 11) is -4.55. The molecule has 0 saturated heterocycles. The molecule has 30 heteroatoms. The second kappa shape index (κ2) is 28.9. The zero-order valence-electron chi connectivity index (χ0n) is 56.4. The molecule has 2 aliphatic heterocycles. The molecule has 0 spiro atoms. The van der Waals surface area contributed by atoms with Gasteiger partial charge >= 0.3 is 18.1 Å². The molecular formula is C70H83N13O15S2. The molecule has 4 atom stereocenters. The number of amides is 9. The van der Waals surface area contributed by atoms with Crippen molar-refractivity contribution in [3.63, 3.8) is 0 Å². The van der Waals surface area contributed by atoms with Gasteiger partial charge in [-0.25, -0.2) is 24.4 Å².